The molecule has 192 valence electrons. The Balaban J connectivity index is 2.16. The average molecular weight is 564 g/mol. The van der Waals surface area contributed by atoms with Gasteiger partial charge in [-0.15, -0.1) is 0 Å². The Kier molecular flexibility index (Phi) is 8.18. The Morgan fingerprint density at radius 1 is 1.08 bits per heavy atom. The van der Waals surface area contributed by atoms with Crippen molar-refractivity contribution in [3.63, 3.8) is 0 Å². The van der Waals surface area contributed by atoms with Gasteiger partial charge in [0.15, 0.2) is 0 Å². The minimum atomic E-state index is -0.797. The van der Waals surface area contributed by atoms with E-state index in [2.05, 4.69) is 21.2 Å². The van der Waals surface area contributed by atoms with Crippen molar-refractivity contribution in [2.75, 3.05) is 5.32 Å². The maximum atomic E-state index is 14.4. The number of benzene rings is 2. The second-order valence-corrected chi connectivity index (χ2v) is 10.1. The molecule has 0 saturated heterocycles. The lowest BCUT2D eigenvalue weighted by atomic mass is 10.0. The van der Waals surface area contributed by atoms with E-state index >= 15 is 0 Å². The lowest BCUT2D eigenvalue weighted by Crippen LogP contribution is -2.44. The molecule has 36 heavy (non-hydrogen) atoms. The van der Waals surface area contributed by atoms with E-state index in [9.17, 15) is 23.2 Å². The van der Waals surface area contributed by atoms with Gasteiger partial charge in [0.1, 0.15) is 21.7 Å². The van der Waals surface area contributed by atoms with Crippen LogP contribution < -0.4 is 16.6 Å². The number of rotatable bonds is 6. The van der Waals surface area contributed by atoms with Gasteiger partial charge in [-0.1, -0.05) is 31.2 Å². The fourth-order valence-corrected chi connectivity index (χ4v) is 4.30. The van der Waals surface area contributed by atoms with E-state index in [1.807, 2.05) is 0 Å². The number of hydrogen-bond donors (Lipinski definition) is 1. The van der Waals surface area contributed by atoms with Crippen LogP contribution in [0.1, 0.15) is 57.0 Å². The number of carbonyl (C=O) groups excluding carboxylic acids is 1. The van der Waals surface area contributed by atoms with E-state index in [-0.39, 0.29) is 15.7 Å². The standard InChI is InChI=1S/C26H28BrF2N3O4/c1-6-21(16-10-7-8-13-20(16)30-24(34)36-26(3,4)5)32-23(33)22(27)15(2)31(25(32)35)14-17-18(28)11-9-12-19(17)29/h7-13,21H,6,14H2,1-5H3,(H,30,34). The molecule has 1 N–H and O–H groups in total. The van der Waals surface area contributed by atoms with Crippen molar-refractivity contribution in [2.24, 2.45) is 0 Å². The number of nitrogens with one attached hydrogen (secondary N) is 1. The van der Waals surface area contributed by atoms with Crippen molar-refractivity contribution in [1.82, 2.24) is 9.13 Å². The third kappa shape index (κ3) is 5.75. The van der Waals surface area contributed by atoms with Crippen LogP contribution in [0, 0.1) is 18.6 Å². The minimum absolute atomic E-state index is 0.0925. The van der Waals surface area contributed by atoms with Gasteiger partial charge in [0, 0.05) is 16.9 Å². The van der Waals surface area contributed by atoms with E-state index < -0.39 is 47.2 Å². The topological polar surface area (TPSA) is 82.3 Å². The largest absolute Gasteiger partial charge is 0.444 e. The molecule has 2 aromatic carbocycles. The molecule has 1 amide bonds. The Morgan fingerprint density at radius 3 is 2.28 bits per heavy atom. The van der Waals surface area contributed by atoms with Crippen molar-refractivity contribution in [2.45, 2.75) is 59.2 Å². The summed E-state index contributed by atoms with van der Waals surface area (Å²) in [4.78, 5) is 39.4. The third-order valence-electron chi connectivity index (χ3n) is 5.60. The number of para-hydroxylation sites is 1. The van der Waals surface area contributed by atoms with Gasteiger partial charge in [0.25, 0.3) is 5.56 Å². The first-order valence-electron chi connectivity index (χ1n) is 11.4. The highest BCUT2D eigenvalue weighted by Gasteiger charge is 2.25. The number of amides is 1. The SMILES string of the molecule is CCC(c1ccccc1NC(=O)OC(C)(C)C)n1c(=O)c(Br)c(C)n(Cc2c(F)cccc2F)c1=O. The number of ether oxygens (including phenoxy) is 1. The lowest BCUT2D eigenvalue weighted by molar-refractivity contribution is 0.0635. The highest BCUT2D eigenvalue weighted by molar-refractivity contribution is 9.10. The van der Waals surface area contributed by atoms with Crippen LogP contribution in [0.15, 0.2) is 56.5 Å². The number of halogens is 3. The summed E-state index contributed by atoms with van der Waals surface area (Å²) in [5, 5.41) is 2.69. The van der Waals surface area contributed by atoms with E-state index in [4.69, 9.17) is 4.74 Å². The summed E-state index contributed by atoms with van der Waals surface area (Å²) in [6, 6.07) is 9.43. The first kappa shape index (κ1) is 27.3. The van der Waals surface area contributed by atoms with E-state index in [0.717, 1.165) is 21.3 Å². The molecule has 10 heteroatoms. The maximum Gasteiger partial charge on any atom is 0.412 e. The zero-order chi connectivity index (χ0) is 26.8. The van der Waals surface area contributed by atoms with Crippen LogP contribution >= 0.6 is 15.9 Å². The van der Waals surface area contributed by atoms with Crippen molar-refractivity contribution < 1.29 is 18.3 Å². The van der Waals surface area contributed by atoms with Crippen molar-refractivity contribution >= 4 is 27.7 Å². The summed E-state index contributed by atoms with van der Waals surface area (Å²) in [6.45, 7) is 8.10. The fraction of sp³-hybridized carbons (Fsp3) is 0.346. The number of carbonyl (C=O) groups is 1. The van der Waals surface area contributed by atoms with E-state index in [0.29, 0.717) is 17.7 Å². The smallest absolute Gasteiger partial charge is 0.412 e. The van der Waals surface area contributed by atoms with Crippen LogP contribution in [0.2, 0.25) is 0 Å². The predicted octanol–water partition coefficient (Wildman–Crippen LogP) is 5.75. The highest BCUT2D eigenvalue weighted by Crippen LogP contribution is 2.28. The molecule has 0 fully saturated rings. The van der Waals surface area contributed by atoms with Gasteiger partial charge in [-0.25, -0.2) is 18.4 Å². The van der Waals surface area contributed by atoms with Crippen LogP contribution in [0.5, 0.6) is 0 Å². The summed E-state index contributed by atoms with van der Waals surface area (Å²) in [5.74, 6) is -1.59. The van der Waals surface area contributed by atoms with Gasteiger partial charge in [-0.05, 0) is 73.8 Å². The summed E-state index contributed by atoms with van der Waals surface area (Å²) < 4.78 is 36.4. The van der Waals surface area contributed by atoms with Gasteiger partial charge in [-0.3, -0.25) is 19.2 Å². The second kappa shape index (κ2) is 10.8. The molecule has 0 aliphatic carbocycles. The molecule has 1 unspecified atom stereocenters. The molecule has 0 bridgehead atoms. The maximum absolute atomic E-state index is 14.4. The molecule has 0 aliphatic rings. The normalized spacial score (nSPS) is 12.3. The Bertz CT molecular complexity index is 1390. The number of nitrogens with zero attached hydrogens (tertiary/aromatic N) is 2. The summed E-state index contributed by atoms with van der Waals surface area (Å²) >= 11 is 3.26. The molecule has 0 spiro atoms. The third-order valence-corrected chi connectivity index (χ3v) is 6.51. The first-order valence-corrected chi connectivity index (χ1v) is 12.2. The van der Waals surface area contributed by atoms with Crippen molar-refractivity contribution in [3.8, 4) is 0 Å². The molecule has 0 aliphatic heterocycles. The second-order valence-electron chi connectivity index (χ2n) is 9.28. The van der Waals surface area contributed by atoms with Crippen LogP contribution in [0.3, 0.4) is 0 Å². The van der Waals surface area contributed by atoms with Gasteiger partial charge < -0.3 is 4.74 Å². The molecule has 7 nitrogen and oxygen atoms in total. The molecule has 3 aromatic rings. The summed E-state index contributed by atoms with van der Waals surface area (Å²) in [5.41, 5.74) is -1.24. The van der Waals surface area contributed by atoms with Gasteiger partial charge in [0.2, 0.25) is 0 Å². The lowest BCUT2D eigenvalue weighted by Gasteiger charge is -2.25. The number of hydrogen-bond acceptors (Lipinski definition) is 4. The number of anilines is 1. The molecule has 3 rings (SSSR count). The zero-order valence-corrected chi connectivity index (χ0v) is 22.3. The van der Waals surface area contributed by atoms with Gasteiger partial charge in [0.05, 0.1) is 12.6 Å². The van der Waals surface area contributed by atoms with Crippen LogP contribution in [-0.2, 0) is 11.3 Å². The van der Waals surface area contributed by atoms with Crippen LogP contribution in [0.25, 0.3) is 0 Å². The first-order chi connectivity index (χ1) is 16.9. The zero-order valence-electron chi connectivity index (χ0n) is 20.7. The molecule has 0 radical (unpaired) electrons. The Labute approximate surface area is 215 Å². The van der Waals surface area contributed by atoms with E-state index in [1.165, 1.54) is 13.0 Å². The van der Waals surface area contributed by atoms with Crippen LogP contribution in [-0.4, -0.2) is 20.8 Å². The molecule has 1 heterocycles. The number of aromatic nitrogens is 2. The summed E-state index contributed by atoms with van der Waals surface area (Å²) in [7, 11) is 0. The van der Waals surface area contributed by atoms with Gasteiger partial charge in [-0.2, -0.15) is 0 Å². The summed E-state index contributed by atoms with van der Waals surface area (Å²) in [6.07, 6.45) is -0.374. The minimum Gasteiger partial charge on any atom is -0.444 e. The fourth-order valence-electron chi connectivity index (χ4n) is 3.90. The molecule has 1 atom stereocenters. The predicted molar refractivity (Wildman–Crippen MR) is 138 cm³/mol. The van der Waals surface area contributed by atoms with E-state index in [1.54, 1.807) is 52.0 Å². The van der Waals surface area contributed by atoms with Crippen molar-refractivity contribution in [1.29, 1.82) is 0 Å². The van der Waals surface area contributed by atoms with Gasteiger partial charge >= 0.3 is 11.8 Å². The Hall–Kier alpha value is -3.27. The quantitative estimate of drug-likeness (QED) is 0.413. The van der Waals surface area contributed by atoms with Crippen LogP contribution in [0.4, 0.5) is 19.3 Å². The monoisotopic (exact) mass is 563 g/mol. The molecular formula is C26H28BrF2N3O4. The van der Waals surface area contributed by atoms with Crippen molar-refractivity contribution in [3.05, 3.63) is 96.2 Å². The Morgan fingerprint density at radius 2 is 1.69 bits per heavy atom. The molecular weight excluding hydrogens is 536 g/mol. The average Bonchev–Trinajstić information content (AvgIpc) is 2.79. The molecule has 0 saturated carbocycles. The highest BCUT2D eigenvalue weighted by atomic mass is 79.9. The molecule has 1 aromatic heterocycles.